The van der Waals surface area contributed by atoms with Gasteiger partial charge in [-0.05, 0) is 44.2 Å². The van der Waals surface area contributed by atoms with Gasteiger partial charge in [0.2, 0.25) is 5.91 Å². The summed E-state index contributed by atoms with van der Waals surface area (Å²) in [6.45, 7) is 12.2. The van der Waals surface area contributed by atoms with Crippen LogP contribution in [0.5, 0.6) is 0 Å². The van der Waals surface area contributed by atoms with Gasteiger partial charge in [0, 0.05) is 46.3 Å². The molecule has 0 aromatic heterocycles. The van der Waals surface area contributed by atoms with E-state index < -0.39 is 18.3 Å². The van der Waals surface area contributed by atoms with Crippen LogP contribution in [0.1, 0.15) is 51.2 Å². The van der Waals surface area contributed by atoms with Gasteiger partial charge in [-0.3, -0.25) is 9.69 Å². The van der Waals surface area contributed by atoms with Crippen LogP contribution in [0.2, 0.25) is 0 Å². The summed E-state index contributed by atoms with van der Waals surface area (Å²) in [6.07, 6.45) is -0.155. The number of benzene rings is 1. The van der Waals surface area contributed by atoms with E-state index in [-0.39, 0.29) is 19.1 Å². The highest BCUT2D eigenvalue weighted by Gasteiger charge is 2.30. The predicted molar refractivity (Wildman–Crippen MR) is 130 cm³/mol. The van der Waals surface area contributed by atoms with Gasteiger partial charge in [0.25, 0.3) is 0 Å². The van der Waals surface area contributed by atoms with E-state index in [1.165, 1.54) is 11.1 Å². The second-order valence-corrected chi connectivity index (χ2v) is 9.66. The number of rotatable bonds is 6. The Kier molecular flexibility index (Phi) is 12.3. The zero-order valence-electron chi connectivity index (χ0n) is 20.9. The van der Waals surface area contributed by atoms with Crippen LogP contribution in [-0.2, 0) is 20.8 Å². The Balaban J connectivity index is 2.12. The van der Waals surface area contributed by atoms with Gasteiger partial charge in [-0.25, -0.2) is 0 Å². The minimum absolute atomic E-state index is 0.0539. The maximum Gasteiger partial charge on any atom is 0.219 e. The molecule has 1 aliphatic rings. The summed E-state index contributed by atoms with van der Waals surface area (Å²) in [5.41, 5.74) is 2.50. The van der Waals surface area contributed by atoms with Crippen LogP contribution in [0.15, 0.2) is 24.3 Å². The summed E-state index contributed by atoms with van der Waals surface area (Å²) in [4.78, 5) is 16.5. The zero-order chi connectivity index (χ0) is 24.2. The van der Waals surface area contributed by atoms with Crippen molar-refractivity contribution in [1.82, 2.24) is 9.80 Å². The highest BCUT2D eigenvalue weighted by molar-refractivity contribution is 5.73. The smallest absolute Gasteiger partial charge is 0.219 e. The van der Waals surface area contributed by atoms with Gasteiger partial charge >= 0.3 is 0 Å². The molecule has 33 heavy (non-hydrogen) atoms. The van der Waals surface area contributed by atoms with Crippen LogP contribution in [0, 0.1) is 12.8 Å². The van der Waals surface area contributed by atoms with Crippen LogP contribution in [0.25, 0.3) is 0 Å². The monoisotopic (exact) mass is 464 g/mol. The van der Waals surface area contributed by atoms with Crippen molar-refractivity contribution < 1.29 is 24.5 Å². The first-order chi connectivity index (χ1) is 15.8. The maximum absolute atomic E-state index is 12.4. The number of aliphatic hydroxyl groups is 2. The highest BCUT2D eigenvalue weighted by atomic mass is 16.5. The second kappa shape index (κ2) is 14.7. The van der Waals surface area contributed by atoms with Crippen molar-refractivity contribution in [2.45, 2.75) is 71.8 Å². The summed E-state index contributed by atoms with van der Waals surface area (Å²) in [7, 11) is 0. The normalized spacial score (nSPS) is 24.6. The lowest BCUT2D eigenvalue weighted by molar-refractivity contribution is -0.140. The molecule has 1 saturated heterocycles. The molecule has 0 bridgehead atoms. The number of carbonyl (C=O) groups is 1. The van der Waals surface area contributed by atoms with Crippen LogP contribution in [0.4, 0.5) is 0 Å². The molecule has 3 atom stereocenters. The molecule has 7 heteroatoms. The molecule has 0 unspecified atom stereocenters. The number of ether oxygens (including phenoxy) is 2. The predicted octanol–water partition coefficient (Wildman–Crippen LogP) is 2.61. The van der Waals surface area contributed by atoms with E-state index in [0.29, 0.717) is 25.7 Å². The third-order valence-corrected chi connectivity index (χ3v) is 6.12. The number of carbonyl (C=O) groups excluding carboxylic acids is 1. The number of amides is 1. The van der Waals surface area contributed by atoms with Gasteiger partial charge < -0.3 is 24.6 Å². The number of aliphatic hydroxyl groups excluding tert-OH is 2. The van der Waals surface area contributed by atoms with Crippen LogP contribution in [0.3, 0.4) is 0 Å². The van der Waals surface area contributed by atoms with Crippen LogP contribution >= 0.6 is 0 Å². The molecule has 1 heterocycles. The van der Waals surface area contributed by atoms with Gasteiger partial charge in [0.05, 0.1) is 6.61 Å². The van der Waals surface area contributed by atoms with E-state index in [1.54, 1.807) is 11.8 Å². The SMILES string of the molecule is CC(=O)N1CCN(Cc2cccc(C)c2)CCCCOC[C@@H](O)[C@@H](O)[C@H](OCCC(C)C)C1. The summed E-state index contributed by atoms with van der Waals surface area (Å²) < 4.78 is 11.6. The Labute approximate surface area is 199 Å². The Hall–Kier alpha value is -1.51. The Morgan fingerprint density at radius 1 is 1.21 bits per heavy atom. The number of hydrogen-bond acceptors (Lipinski definition) is 6. The molecule has 7 nitrogen and oxygen atoms in total. The van der Waals surface area contributed by atoms with Gasteiger partial charge in [0.1, 0.15) is 18.3 Å². The van der Waals surface area contributed by atoms with Gasteiger partial charge in [-0.1, -0.05) is 43.7 Å². The minimum atomic E-state index is -1.12. The summed E-state index contributed by atoms with van der Waals surface area (Å²) >= 11 is 0. The standard InChI is InChI=1S/C26H44N2O5/c1-20(2)10-15-33-25-18-28(22(4)29)13-12-27(17-23-9-7-8-21(3)16-23)11-5-6-14-32-19-24(30)26(25)31/h7-9,16,20,24-26,30-31H,5-6,10-15,17-19H2,1-4H3/t24-,25-,26-/m1/s1. The average molecular weight is 465 g/mol. The fourth-order valence-electron chi connectivity index (χ4n) is 4.00. The van der Waals surface area contributed by atoms with Crippen molar-refractivity contribution in [3.63, 3.8) is 0 Å². The van der Waals surface area contributed by atoms with E-state index in [2.05, 4.69) is 49.9 Å². The molecule has 1 amide bonds. The van der Waals surface area contributed by atoms with Crippen LogP contribution < -0.4 is 0 Å². The first-order valence-electron chi connectivity index (χ1n) is 12.3. The molecular weight excluding hydrogens is 420 g/mol. The zero-order valence-corrected chi connectivity index (χ0v) is 20.9. The molecule has 0 saturated carbocycles. The van der Waals surface area contributed by atoms with E-state index in [4.69, 9.17) is 9.47 Å². The molecule has 1 aromatic carbocycles. The lowest BCUT2D eigenvalue weighted by Gasteiger charge is -2.33. The maximum atomic E-state index is 12.4. The van der Waals surface area contributed by atoms with Crippen molar-refractivity contribution in [2.75, 3.05) is 46.0 Å². The van der Waals surface area contributed by atoms with E-state index in [1.807, 2.05) is 0 Å². The van der Waals surface area contributed by atoms with Gasteiger partial charge in [0.15, 0.2) is 0 Å². The van der Waals surface area contributed by atoms with Crippen molar-refractivity contribution in [3.8, 4) is 0 Å². The number of nitrogens with zero attached hydrogens (tertiary/aromatic N) is 2. The Morgan fingerprint density at radius 3 is 2.70 bits per heavy atom. The lowest BCUT2D eigenvalue weighted by Crippen LogP contribution is -2.50. The molecule has 2 rings (SSSR count). The first kappa shape index (κ1) is 27.7. The van der Waals surface area contributed by atoms with Crippen molar-refractivity contribution in [2.24, 2.45) is 5.92 Å². The Bertz CT molecular complexity index is 699. The molecule has 0 radical (unpaired) electrons. The molecular formula is C26H44N2O5. The molecule has 188 valence electrons. The van der Waals surface area contributed by atoms with Crippen molar-refractivity contribution >= 4 is 5.91 Å². The molecule has 1 aliphatic heterocycles. The van der Waals surface area contributed by atoms with Gasteiger partial charge in [-0.15, -0.1) is 0 Å². The molecule has 0 spiro atoms. The summed E-state index contributed by atoms with van der Waals surface area (Å²) in [5.74, 6) is 0.404. The molecule has 0 aliphatic carbocycles. The van der Waals surface area contributed by atoms with E-state index in [0.717, 1.165) is 38.9 Å². The van der Waals surface area contributed by atoms with Crippen LogP contribution in [-0.4, -0.2) is 90.2 Å². The van der Waals surface area contributed by atoms with Gasteiger partial charge in [-0.2, -0.15) is 0 Å². The third kappa shape index (κ3) is 10.5. The highest BCUT2D eigenvalue weighted by Crippen LogP contribution is 2.14. The fraction of sp³-hybridized carbons (Fsp3) is 0.731. The molecule has 1 fully saturated rings. The number of aryl methyl sites for hydroxylation is 1. The minimum Gasteiger partial charge on any atom is -0.388 e. The lowest BCUT2D eigenvalue weighted by atomic mass is 10.1. The third-order valence-electron chi connectivity index (χ3n) is 6.12. The fourth-order valence-corrected chi connectivity index (χ4v) is 4.00. The number of hydrogen-bond donors (Lipinski definition) is 2. The summed E-state index contributed by atoms with van der Waals surface area (Å²) in [5, 5.41) is 21.2. The second-order valence-electron chi connectivity index (χ2n) is 9.66. The largest absolute Gasteiger partial charge is 0.388 e. The molecule has 1 aromatic rings. The van der Waals surface area contributed by atoms with E-state index in [9.17, 15) is 15.0 Å². The quantitative estimate of drug-likeness (QED) is 0.674. The first-order valence-corrected chi connectivity index (χ1v) is 12.3. The summed E-state index contributed by atoms with van der Waals surface area (Å²) in [6, 6.07) is 8.52. The average Bonchev–Trinajstić information content (AvgIpc) is 2.75. The van der Waals surface area contributed by atoms with Crippen molar-refractivity contribution in [1.29, 1.82) is 0 Å². The Morgan fingerprint density at radius 2 is 2.00 bits per heavy atom. The van der Waals surface area contributed by atoms with E-state index >= 15 is 0 Å². The topological polar surface area (TPSA) is 82.5 Å². The molecule has 2 N–H and O–H groups in total. The van der Waals surface area contributed by atoms with Crippen molar-refractivity contribution in [3.05, 3.63) is 35.4 Å².